The fraction of sp³-hybridized carbons (Fsp3) is 0.250. The molecule has 0 heterocycles. The van der Waals surface area contributed by atoms with Gasteiger partial charge in [-0.2, -0.15) is 0 Å². The minimum Gasteiger partial charge on any atom is -0.497 e. The summed E-state index contributed by atoms with van der Waals surface area (Å²) in [6.45, 7) is 3.47. The molecule has 0 radical (unpaired) electrons. The van der Waals surface area contributed by atoms with Crippen LogP contribution in [0.25, 0.3) is 5.57 Å². The van der Waals surface area contributed by atoms with Crippen LogP contribution < -0.4 is 4.74 Å². The molecule has 0 saturated heterocycles. The lowest BCUT2D eigenvalue weighted by Crippen LogP contribution is -1.87. The van der Waals surface area contributed by atoms with Crippen molar-refractivity contribution in [3.8, 4) is 5.75 Å². The van der Waals surface area contributed by atoms with Crippen molar-refractivity contribution < 1.29 is 9.53 Å². The highest BCUT2D eigenvalue weighted by Gasteiger charge is 1.97. The Morgan fingerprint density at radius 3 is 2.21 bits per heavy atom. The number of hydrogen-bond acceptors (Lipinski definition) is 2. The van der Waals surface area contributed by atoms with E-state index in [1.807, 2.05) is 31.2 Å². The van der Waals surface area contributed by atoms with Gasteiger partial charge in [0.15, 0.2) is 5.78 Å². The number of benzene rings is 1. The Balaban J connectivity index is 2.92. The van der Waals surface area contributed by atoms with Crippen molar-refractivity contribution in [3.63, 3.8) is 0 Å². The molecule has 0 aliphatic heterocycles. The Morgan fingerprint density at radius 1 is 1.21 bits per heavy atom. The molecule has 0 aliphatic carbocycles. The maximum Gasteiger partial charge on any atom is 0.152 e. The minimum atomic E-state index is 0.0679. The summed E-state index contributed by atoms with van der Waals surface area (Å²) in [6.07, 6.45) is 1.63. The number of ketones is 1. The summed E-state index contributed by atoms with van der Waals surface area (Å²) < 4.78 is 5.04. The van der Waals surface area contributed by atoms with E-state index in [2.05, 4.69) is 0 Å². The largest absolute Gasteiger partial charge is 0.497 e. The quantitative estimate of drug-likeness (QED) is 0.685. The fourth-order valence-electron chi connectivity index (χ4n) is 1.24. The molecule has 1 aromatic rings. The first-order valence-electron chi connectivity index (χ1n) is 4.47. The molecule has 0 bridgehead atoms. The predicted molar refractivity (Wildman–Crippen MR) is 57.3 cm³/mol. The van der Waals surface area contributed by atoms with E-state index in [4.69, 9.17) is 4.74 Å². The van der Waals surface area contributed by atoms with E-state index in [-0.39, 0.29) is 5.78 Å². The van der Waals surface area contributed by atoms with Gasteiger partial charge in [-0.05, 0) is 43.2 Å². The van der Waals surface area contributed by atoms with Gasteiger partial charge in [0, 0.05) is 0 Å². The van der Waals surface area contributed by atoms with Crippen LogP contribution in [0.4, 0.5) is 0 Å². The Bertz CT molecular complexity index is 347. The Morgan fingerprint density at radius 2 is 1.79 bits per heavy atom. The lowest BCUT2D eigenvalue weighted by molar-refractivity contribution is -0.112. The first-order valence-corrected chi connectivity index (χ1v) is 4.47. The van der Waals surface area contributed by atoms with E-state index in [0.29, 0.717) is 0 Å². The molecule has 0 fully saturated rings. The second kappa shape index (κ2) is 4.61. The highest BCUT2D eigenvalue weighted by atomic mass is 16.5. The molecule has 0 saturated carbocycles. The van der Waals surface area contributed by atoms with Gasteiger partial charge in [0.1, 0.15) is 5.75 Å². The number of carbonyl (C=O) groups is 1. The van der Waals surface area contributed by atoms with E-state index in [9.17, 15) is 4.79 Å². The topological polar surface area (TPSA) is 26.3 Å². The van der Waals surface area contributed by atoms with Crippen molar-refractivity contribution in [1.82, 2.24) is 0 Å². The molecule has 14 heavy (non-hydrogen) atoms. The number of ether oxygens (including phenoxy) is 1. The maximum atomic E-state index is 10.8. The Kier molecular flexibility index (Phi) is 3.46. The van der Waals surface area contributed by atoms with E-state index in [1.54, 1.807) is 20.1 Å². The summed E-state index contributed by atoms with van der Waals surface area (Å²) in [4.78, 5) is 10.8. The van der Waals surface area contributed by atoms with E-state index < -0.39 is 0 Å². The smallest absolute Gasteiger partial charge is 0.152 e. The van der Waals surface area contributed by atoms with Crippen LogP contribution in [0.5, 0.6) is 5.75 Å². The van der Waals surface area contributed by atoms with Crippen LogP contribution in [0.1, 0.15) is 19.4 Å². The number of carbonyl (C=O) groups excluding carboxylic acids is 1. The summed E-state index contributed by atoms with van der Waals surface area (Å²) in [6, 6.07) is 7.64. The average molecular weight is 190 g/mol. The molecule has 0 atom stereocenters. The number of hydrogen-bond donors (Lipinski definition) is 0. The van der Waals surface area contributed by atoms with Gasteiger partial charge in [-0.15, -0.1) is 0 Å². The van der Waals surface area contributed by atoms with Gasteiger partial charge >= 0.3 is 0 Å². The second-order valence-electron chi connectivity index (χ2n) is 3.17. The summed E-state index contributed by atoms with van der Waals surface area (Å²) in [5.74, 6) is 0.891. The molecule has 0 spiro atoms. The number of allylic oxidation sites excluding steroid dienone is 2. The second-order valence-corrected chi connectivity index (χ2v) is 3.17. The predicted octanol–water partition coefficient (Wildman–Crippen LogP) is 2.69. The monoisotopic (exact) mass is 190 g/mol. The fourth-order valence-corrected chi connectivity index (χ4v) is 1.24. The van der Waals surface area contributed by atoms with Gasteiger partial charge in [-0.25, -0.2) is 0 Å². The summed E-state index contributed by atoms with van der Waals surface area (Å²) in [5.41, 5.74) is 2.01. The molecular weight excluding hydrogens is 176 g/mol. The molecule has 0 aromatic heterocycles. The molecule has 0 aliphatic rings. The standard InChI is InChI=1S/C12H14O2/c1-9(8-10(2)13)11-4-6-12(14-3)7-5-11/h4-8H,1-3H3/b9-8-. The lowest BCUT2D eigenvalue weighted by atomic mass is 10.1. The third-order valence-electron chi connectivity index (χ3n) is 1.97. The molecule has 1 rings (SSSR count). The molecule has 1 aromatic carbocycles. The zero-order chi connectivity index (χ0) is 10.6. The number of rotatable bonds is 3. The van der Waals surface area contributed by atoms with Gasteiger partial charge in [-0.1, -0.05) is 12.1 Å². The molecule has 2 nitrogen and oxygen atoms in total. The molecule has 2 heteroatoms. The lowest BCUT2D eigenvalue weighted by Gasteiger charge is -2.02. The SMILES string of the molecule is COc1ccc(/C(C)=C\C(C)=O)cc1. The summed E-state index contributed by atoms with van der Waals surface area (Å²) >= 11 is 0. The van der Waals surface area contributed by atoms with Crippen molar-refractivity contribution in [2.24, 2.45) is 0 Å². The van der Waals surface area contributed by atoms with Crippen molar-refractivity contribution in [1.29, 1.82) is 0 Å². The van der Waals surface area contributed by atoms with E-state index in [1.165, 1.54) is 0 Å². The van der Waals surface area contributed by atoms with Crippen molar-refractivity contribution in [2.45, 2.75) is 13.8 Å². The first kappa shape index (κ1) is 10.5. The van der Waals surface area contributed by atoms with Crippen LogP contribution in [0.2, 0.25) is 0 Å². The average Bonchev–Trinajstić information content (AvgIpc) is 2.17. The molecule has 0 unspecified atom stereocenters. The van der Waals surface area contributed by atoms with Crippen LogP contribution in [0, 0.1) is 0 Å². The van der Waals surface area contributed by atoms with Crippen LogP contribution >= 0.6 is 0 Å². The summed E-state index contributed by atoms with van der Waals surface area (Å²) in [5, 5.41) is 0. The number of methoxy groups -OCH3 is 1. The van der Waals surface area contributed by atoms with E-state index >= 15 is 0 Å². The Hall–Kier alpha value is -1.57. The highest BCUT2D eigenvalue weighted by Crippen LogP contribution is 2.17. The van der Waals surface area contributed by atoms with Crippen LogP contribution in [-0.2, 0) is 4.79 Å². The van der Waals surface area contributed by atoms with Gasteiger partial charge in [-0.3, -0.25) is 4.79 Å². The molecule has 0 amide bonds. The van der Waals surface area contributed by atoms with Gasteiger partial charge in [0.2, 0.25) is 0 Å². The Labute approximate surface area is 84.2 Å². The van der Waals surface area contributed by atoms with Gasteiger partial charge in [0.25, 0.3) is 0 Å². The highest BCUT2D eigenvalue weighted by molar-refractivity contribution is 5.94. The zero-order valence-corrected chi connectivity index (χ0v) is 8.70. The van der Waals surface area contributed by atoms with Crippen molar-refractivity contribution in [2.75, 3.05) is 7.11 Å². The van der Waals surface area contributed by atoms with Crippen LogP contribution in [0.3, 0.4) is 0 Å². The van der Waals surface area contributed by atoms with Crippen LogP contribution in [-0.4, -0.2) is 12.9 Å². The van der Waals surface area contributed by atoms with E-state index in [0.717, 1.165) is 16.9 Å². The van der Waals surface area contributed by atoms with Crippen molar-refractivity contribution in [3.05, 3.63) is 35.9 Å². The van der Waals surface area contributed by atoms with Crippen molar-refractivity contribution >= 4 is 11.4 Å². The first-order chi connectivity index (χ1) is 6.63. The van der Waals surface area contributed by atoms with Gasteiger partial charge < -0.3 is 4.74 Å². The molecule has 0 N–H and O–H groups in total. The normalized spacial score (nSPS) is 11.2. The zero-order valence-electron chi connectivity index (χ0n) is 8.70. The molecular formula is C12H14O2. The maximum absolute atomic E-state index is 10.8. The van der Waals surface area contributed by atoms with Gasteiger partial charge in [0.05, 0.1) is 7.11 Å². The third kappa shape index (κ3) is 2.73. The third-order valence-corrected chi connectivity index (χ3v) is 1.97. The minimum absolute atomic E-state index is 0.0679. The molecule has 74 valence electrons. The summed E-state index contributed by atoms with van der Waals surface area (Å²) in [7, 11) is 1.63. The van der Waals surface area contributed by atoms with Crippen LogP contribution in [0.15, 0.2) is 30.3 Å².